The second-order valence-electron chi connectivity index (χ2n) is 4.20. The lowest BCUT2D eigenvalue weighted by atomic mass is 10.2. The molecule has 1 N–H and O–H groups in total. The van der Waals surface area contributed by atoms with Crippen molar-refractivity contribution in [1.82, 2.24) is 15.0 Å². The fourth-order valence-corrected chi connectivity index (χ4v) is 3.76. The predicted molar refractivity (Wildman–Crippen MR) is 59.4 cm³/mol. The quantitative estimate of drug-likeness (QED) is 0.738. The number of aromatic nitrogens is 2. The van der Waals surface area contributed by atoms with Crippen LogP contribution in [0.1, 0.15) is 12.2 Å². The van der Waals surface area contributed by atoms with Gasteiger partial charge in [0, 0.05) is 6.04 Å². The van der Waals surface area contributed by atoms with Gasteiger partial charge in [-0.2, -0.15) is 4.98 Å². The molecule has 0 aromatic carbocycles. The van der Waals surface area contributed by atoms with E-state index in [0.717, 1.165) is 6.39 Å². The first-order valence-corrected chi connectivity index (χ1v) is 7.20. The Balaban J connectivity index is 2.08. The van der Waals surface area contributed by atoms with Crippen LogP contribution in [0.15, 0.2) is 10.9 Å². The van der Waals surface area contributed by atoms with Crippen molar-refractivity contribution < 1.29 is 22.8 Å². The standard InChI is InChI=1S/C9H13N3O5S/c13-9(14)4-12(3-8-10-6-17-11-8)7-1-2-18(15,16)5-7/h6-7H,1-5H2,(H,13,14). The van der Waals surface area contributed by atoms with Crippen LogP contribution in [-0.2, 0) is 21.2 Å². The van der Waals surface area contributed by atoms with Gasteiger partial charge in [-0.25, -0.2) is 8.42 Å². The van der Waals surface area contributed by atoms with Crippen molar-refractivity contribution in [2.45, 2.75) is 19.0 Å². The molecule has 1 aromatic rings. The van der Waals surface area contributed by atoms with Gasteiger partial charge in [-0.05, 0) is 6.42 Å². The minimum Gasteiger partial charge on any atom is -0.480 e. The SMILES string of the molecule is O=C(O)CN(Cc1ncon1)C1CCS(=O)(=O)C1. The average molecular weight is 275 g/mol. The highest BCUT2D eigenvalue weighted by atomic mass is 32.2. The van der Waals surface area contributed by atoms with E-state index >= 15 is 0 Å². The highest BCUT2D eigenvalue weighted by Gasteiger charge is 2.33. The second-order valence-corrected chi connectivity index (χ2v) is 6.43. The smallest absolute Gasteiger partial charge is 0.317 e. The molecule has 1 fully saturated rings. The monoisotopic (exact) mass is 275 g/mol. The maximum atomic E-state index is 11.4. The Bertz CT molecular complexity index is 512. The van der Waals surface area contributed by atoms with Gasteiger partial charge in [0.05, 0.1) is 24.6 Å². The number of carboxylic acids is 1. The van der Waals surface area contributed by atoms with E-state index in [1.807, 2.05) is 0 Å². The summed E-state index contributed by atoms with van der Waals surface area (Å²) in [4.78, 5) is 16.2. The van der Waals surface area contributed by atoms with Crippen LogP contribution in [0, 0.1) is 0 Å². The minimum absolute atomic E-state index is 0.0157. The summed E-state index contributed by atoms with van der Waals surface area (Å²) in [5.41, 5.74) is 0. The first kappa shape index (κ1) is 13.0. The van der Waals surface area contributed by atoms with E-state index in [2.05, 4.69) is 14.7 Å². The summed E-state index contributed by atoms with van der Waals surface area (Å²) in [5, 5.41) is 12.4. The maximum absolute atomic E-state index is 11.4. The Hall–Kier alpha value is -1.48. The first-order chi connectivity index (χ1) is 8.46. The van der Waals surface area contributed by atoms with Crippen molar-refractivity contribution in [3.8, 4) is 0 Å². The molecule has 0 aliphatic carbocycles. The second kappa shape index (κ2) is 5.02. The van der Waals surface area contributed by atoms with Crippen molar-refractivity contribution in [1.29, 1.82) is 0 Å². The van der Waals surface area contributed by atoms with Gasteiger partial charge in [0.1, 0.15) is 0 Å². The van der Waals surface area contributed by atoms with E-state index in [9.17, 15) is 13.2 Å². The zero-order valence-corrected chi connectivity index (χ0v) is 10.3. The normalized spacial score (nSPS) is 22.4. The highest BCUT2D eigenvalue weighted by Crippen LogP contribution is 2.18. The van der Waals surface area contributed by atoms with Crippen molar-refractivity contribution in [2.75, 3.05) is 18.1 Å². The molecule has 0 spiro atoms. The lowest BCUT2D eigenvalue weighted by molar-refractivity contribution is -0.139. The van der Waals surface area contributed by atoms with Crippen molar-refractivity contribution in [2.24, 2.45) is 0 Å². The van der Waals surface area contributed by atoms with Crippen LogP contribution in [0.2, 0.25) is 0 Å². The molecule has 100 valence electrons. The van der Waals surface area contributed by atoms with Gasteiger partial charge in [0.15, 0.2) is 15.7 Å². The van der Waals surface area contributed by atoms with Gasteiger partial charge < -0.3 is 9.63 Å². The van der Waals surface area contributed by atoms with Gasteiger partial charge in [0.25, 0.3) is 0 Å². The zero-order valence-electron chi connectivity index (χ0n) is 9.52. The number of rotatable bonds is 5. The number of nitrogens with zero attached hydrogens (tertiary/aromatic N) is 3. The molecule has 1 atom stereocenters. The van der Waals surface area contributed by atoms with Gasteiger partial charge in [0.2, 0.25) is 6.39 Å². The van der Waals surface area contributed by atoms with Crippen LogP contribution in [0.4, 0.5) is 0 Å². The predicted octanol–water partition coefficient (Wildman–Crippen LogP) is -0.857. The van der Waals surface area contributed by atoms with Crippen LogP contribution in [0.5, 0.6) is 0 Å². The lowest BCUT2D eigenvalue weighted by Crippen LogP contribution is -2.39. The number of hydrogen-bond donors (Lipinski definition) is 1. The van der Waals surface area contributed by atoms with E-state index in [0.29, 0.717) is 12.2 Å². The van der Waals surface area contributed by atoms with Gasteiger partial charge in [-0.15, -0.1) is 0 Å². The van der Waals surface area contributed by atoms with Gasteiger partial charge in [-0.1, -0.05) is 5.16 Å². The van der Waals surface area contributed by atoms with Crippen LogP contribution in [0.25, 0.3) is 0 Å². The average Bonchev–Trinajstić information content (AvgIpc) is 2.86. The van der Waals surface area contributed by atoms with Crippen molar-refractivity contribution in [3.05, 3.63) is 12.2 Å². The van der Waals surface area contributed by atoms with Crippen molar-refractivity contribution >= 4 is 15.8 Å². The first-order valence-electron chi connectivity index (χ1n) is 5.38. The van der Waals surface area contributed by atoms with E-state index in [-0.39, 0.29) is 30.6 Å². The molecule has 0 amide bonds. The zero-order chi connectivity index (χ0) is 13.2. The van der Waals surface area contributed by atoms with E-state index in [4.69, 9.17) is 5.11 Å². The summed E-state index contributed by atoms with van der Waals surface area (Å²) < 4.78 is 27.4. The number of aliphatic carboxylic acids is 1. The summed E-state index contributed by atoms with van der Waals surface area (Å²) in [6.45, 7) is -0.0717. The van der Waals surface area contributed by atoms with Gasteiger partial charge in [-0.3, -0.25) is 9.69 Å². The molecule has 0 radical (unpaired) electrons. The molecule has 8 nitrogen and oxygen atoms in total. The van der Waals surface area contributed by atoms with Crippen LogP contribution >= 0.6 is 0 Å². The van der Waals surface area contributed by atoms with Gasteiger partial charge >= 0.3 is 5.97 Å². The molecule has 2 rings (SSSR count). The largest absolute Gasteiger partial charge is 0.480 e. The Morgan fingerprint density at radius 1 is 1.61 bits per heavy atom. The number of sulfone groups is 1. The highest BCUT2D eigenvalue weighted by molar-refractivity contribution is 7.91. The molecule has 18 heavy (non-hydrogen) atoms. The molecule has 2 heterocycles. The van der Waals surface area contributed by atoms with Crippen molar-refractivity contribution in [3.63, 3.8) is 0 Å². The van der Waals surface area contributed by atoms with Crippen LogP contribution < -0.4 is 0 Å². The van der Waals surface area contributed by atoms with E-state index in [1.165, 1.54) is 0 Å². The van der Waals surface area contributed by atoms with Crippen LogP contribution in [-0.4, -0.2) is 58.6 Å². The fraction of sp³-hybridized carbons (Fsp3) is 0.667. The number of hydrogen-bond acceptors (Lipinski definition) is 7. The Morgan fingerprint density at radius 3 is 2.89 bits per heavy atom. The Kier molecular flexibility index (Phi) is 3.62. The summed E-state index contributed by atoms with van der Waals surface area (Å²) in [5.74, 6) is -0.582. The number of carboxylic acid groups (broad SMARTS) is 1. The summed E-state index contributed by atoms with van der Waals surface area (Å²) >= 11 is 0. The summed E-state index contributed by atoms with van der Waals surface area (Å²) in [7, 11) is -3.05. The Morgan fingerprint density at radius 2 is 2.39 bits per heavy atom. The molecule has 1 aliphatic heterocycles. The Labute approximate surface area is 104 Å². The van der Waals surface area contributed by atoms with Crippen LogP contribution in [0.3, 0.4) is 0 Å². The molecule has 1 saturated heterocycles. The lowest BCUT2D eigenvalue weighted by Gasteiger charge is -2.24. The molecular weight excluding hydrogens is 262 g/mol. The third-order valence-electron chi connectivity index (χ3n) is 2.81. The maximum Gasteiger partial charge on any atom is 0.317 e. The van der Waals surface area contributed by atoms with E-state index < -0.39 is 15.8 Å². The third-order valence-corrected chi connectivity index (χ3v) is 4.56. The molecule has 0 bridgehead atoms. The third kappa shape index (κ3) is 3.26. The minimum atomic E-state index is -3.05. The molecule has 1 unspecified atom stereocenters. The number of carbonyl (C=O) groups is 1. The summed E-state index contributed by atoms with van der Waals surface area (Å²) in [6, 6.07) is -0.301. The topological polar surface area (TPSA) is 114 Å². The summed E-state index contributed by atoms with van der Waals surface area (Å²) in [6.07, 6.45) is 1.59. The molecule has 1 aliphatic rings. The molecule has 1 aromatic heterocycles. The molecular formula is C9H13N3O5S. The molecule has 9 heteroatoms. The van der Waals surface area contributed by atoms with E-state index in [1.54, 1.807) is 4.90 Å². The molecule has 0 saturated carbocycles. The fourth-order valence-electron chi connectivity index (χ4n) is 1.99.